The van der Waals surface area contributed by atoms with Crippen molar-refractivity contribution in [2.75, 3.05) is 5.32 Å². The molecule has 0 spiro atoms. The molecule has 0 saturated heterocycles. The third kappa shape index (κ3) is 4.22. The number of anilines is 1. The van der Waals surface area contributed by atoms with Crippen LogP contribution in [-0.2, 0) is 4.79 Å². The highest BCUT2D eigenvalue weighted by Gasteiger charge is 2.16. The number of hydrogen-bond acceptors (Lipinski definition) is 4. The molecule has 0 aliphatic heterocycles. The summed E-state index contributed by atoms with van der Waals surface area (Å²) in [7, 11) is 0. The van der Waals surface area contributed by atoms with Crippen molar-refractivity contribution >= 4 is 35.0 Å². The standard InChI is InChI=1S/C15H12ClN3OS/c1-10(21-14-7-6-12(16)9-18-14)15(20)19-13-5-3-2-4-11(13)8-17/h2-7,9-10H,1H3,(H,19,20). The zero-order chi connectivity index (χ0) is 15.2. The molecule has 0 fully saturated rings. The molecule has 1 N–H and O–H groups in total. The molecule has 0 bridgehead atoms. The first-order valence-corrected chi connectivity index (χ1v) is 7.44. The number of halogens is 1. The zero-order valence-corrected chi connectivity index (χ0v) is 12.8. The molecule has 0 aliphatic rings. The number of carbonyl (C=O) groups is 1. The topological polar surface area (TPSA) is 65.8 Å². The molecule has 0 aliphatic carbocycles. The molecule has 1 aromatic carbocycles. The van der Waals surface area contributed by atoms with E-state index in [4.69, 9.17) is 16.9 Å². The maximum atomic E-state index is 12.2. The van der Waals surface area contributed by atoms with Crippen LogP contribution in [0.25, 0.3) is 0 Å². The van der Waals surface area contributed by atoms with E-state index in [0.29, 0.717) is 16.3 Å². The van der Waals surface area contributed by atoms with Crippen molar-refractivity contribution in [1.29, 1.82) is 5.26 Å². The summed E-state index contributed by atoms with van der Waals surface area (Å²) < 4.78 is 0. The van der Waals surface area contributed by atoms with Gasteiger partial charge in [0.05, 0.1) is 26.5 Å². The van der Waals surface area contributed by atoms with E-state index in [1.807, 2.05) is 6.07 Å². The number of pyridine rings is 1. The summed E-state index contributed by atoms with van der Waals surface area (Å²) in [5, 5.41) is 12.7. The average Bonchev–Trinajstić information content (AvgIpc) is 2.50. The summed E-state index contributed by atoms with van der Waals surface area (Å²) in [5.74, 6) is -0.181. The Balaban J connectivity index is 2.03. The van der Waals surface area contributed by atoms with Gasteiger partial charge < -0.3 is 5.32 Å². The minimum atomic E-state index is -0.342. The number of amides is 1. The molecule has 1 amide bonds. The third-order valence-electron chi connectivity index (χ3n) is 2.67. The Bertz CT molecular complexity index is 682. The molecule has 2 rings (SSSR count). The number of benzene rings is 1. The van der Waals surface area contributed by atoms with Gasteiger partial charge >= 0.3 is 0 Å². The fourth-order valence-corrected chi connectivity index (χ4v) is 2.49. The van der Waals surface area contributed by atoms with Gasteiger partial charge in [-0.2, -0.15) is 5.26 Å². The van der Waals surface area contributed by atoms with E-state index in [-0.39, 0.29) is 11.2 Å². The SMILES string of the molecule is CC(Sc1ccc(Cl)cn1)C(=O)Nc1ccccc1C#N. The second kappa shape index (κ2) is 7.11. The third-order valence-corrected chi connectivity index (χ3v) is 3.95. The minimum Gasteiger partial charge on any atom is -0.324 e. The molecule has 1 aromatic heterocycles. The van der Waals surface area contributed by atoms with E-state index in [2.05, 4.69) is 10.3 Å². The number of hydrogen-bond donors (Lipinski definition) is 1. The van der Waals surface area contributed by atoms with Crippen molar-refractivity contribution in [2.45, 2.75) is 17.2 Å². The Hall–Kier alpha value is -2.03. The summed E-state index contributed by atoms with van der Waals surface area (Å²) in [6.45, 7) is 1.78. The Kier molecular flexibility index (Phi) is 5.20. The van der Waals surface area contributed by atoms with Crippen molar-refractivity contribution in [3.05, 3.63) is 53.2 Å². The molecular weight excluding hydrogens is 306 g/mol. The van der Waals surface area contributed by atoms with E-state index in [0.717, 1.165) is 5.03 Å². The predicted octanol–water partition coefficient (Wildman–Crippen LogP) is 3.73. The van der Waals surface area contributed by atoms with E-state index < -0.39 is 0 Å². The fourth-order valence-electron chi connectivity index (χ4n) is 1.59. The number of nitriles is 1. The van der Waals surface area contributed by atoms with Gasteiger partial charge in [-0.05, 0) is 31.2 Å². The lowest BCUT2D eigenvalue weighted by Crippen LogP contribution is -2.22. The number of para-hydroxylation sites is 1. The van der Waals surface area contributed by atoms with E-state index in [1.165, 1.54) is 11.8 Å². The number of aromatic nitrogens is 1. The van der Waals surface area contributed by atoms with Crippen LogP contribution in [0.15, 0.2) is 47.6 Å². The molecular formula is C15H12ClN3OS. The number of nitrogens with zero attached hydrogens (tertiary/aromatic N) is 2. The number of rotatable bonds is 4. The van der Waals surface area contributed by atoms with Gasteiger partial charge in [0.1, 0.15) is 6.07 Å². The normalized spacial score (nSPS) is 11.5. The van der Waals surface area contributed by atoms with Crippen LogP contribution < -0.4 is 5.32 Å². The van der Waals surface area contributed by atoms with Gasteiger partial charge in [0.15, 0.2) is 0 Å². The Morgan fingerprint density at radius 1 is 1.38 bits per heavy atom. The van der Waals surface area contributed by atoms with Gasteiger partial charge in [0.2, 0.25) is 5.91 Å². The van der Waals surface area contributed by atoms with Gasteiger partial charge in [0, 0.05) is 6.20 Å². The zero-order valence-electron chi connectivity index (χ0n) is 11.2. The Morgan fingerprint density at radius 3 is 2.81 bits per heavy atom. The van der Waals surface area contributed by atoms with Crippen LogP contribution in [0.4, 0.5) is 5.69 Å². The summed E-state index contributed by atoms with van der Waals surface area (Å²) in [6.07, 6.45) is 1.54. The average molecular weight is 318 g/mol. The lowest BCUT2D eigenvalue weighted by molar-refractivity contribution is -0.115. The van der Waals surface area contributed by atoms with Crippen molar-refractivity contribution in [1.82, 2.24) is 4.98 Å². The molecule has 106 valence electrons. The van der Waals surface area contributed by atoms with Crippen molar-refractivity contribution in [2.24, 2.45) is 0 Å². The molecule has 1 heterocycles. The smallest absolute Gasteiger partial charge is 0.237 e. The largest absolute Gasteiger partial charge is 0.324 e. The van der Waals surface area contributed by atoms with Crippen LogP contribution in [-0.4, -0.2) is 16.1 Å². The van der Waals surface area contributed by atoms with E-state index in [1.54, 1.807) is 49.5 Å². The molecule has 0 radical (unpaired) electrons. The monoisotopic (exact) mass is 317 g/mol. The van der Waals surface area contributed by atoms with Crippen LogP contribution in [0, 0.1) is 11.3 Å². The summed E-state index contributed by atoms with van der Waals surface area (Å²) >= 11 is 7.10. The van der Waals surface area contributed by atoms with Gasteiger partial charge in [0.25, 0.3) is 0 Å². The van der Waals surface area contributed by atoms with Crippen LogP contribution in [0.3, 0.4) is 0 Å². The molecule has 21 heavy (non-hydrogen) atoms. The molecule has 1 unspecified atom stereocenters. The van der Waals surface area contributed by atoms with Gasteiger partial charge in [-0.3, -0.25) is 4.79 Å². The summed E-state index contributed by atoms with van der Waals surface area (Å²) in [4.78, 5) is 16.3. The first-order chi connectivity index (χ1) is 10.1. The highest BCUT2D eigenvalue weighted by atomic mass is 35.5. The second-order valence-electron chi connectivity index (χ2n) is 4.22. The van der Waals surface area contributed by atoms with Crippen LogP contribution in [0.5, 0.6) is 0 Å². The quantitative estimate of drug-likeness (QED) is 0.873. The highest BCUT2D eigenvalue weighted by Crippen LogP contribution is 2.24. The molecule has 0 saturated carbocycles. The maximum Gasteiger partial charge on any atom is 0.237 e. The van der Waals surface area contributed by atoms with Crippen molar-refractivity contribution in [3.63, 3.8) is 0 Å². The van der Waals surface area contributed by atoms with Crippen LogP contribution >= 0.6 is 23.4 Å². The Labute approximate surface area is 132 Å². The number of nitrogens with one attached hydrogen (secondary N) is 1. The van der Waals surface area contributed by atoms with E-state index >= 15 is 0 Å². The van der Waals surface area contributed by atoms with Crippen molar-refractivity contribution in [3.8, 4) is 6.07 Å². The molecule has 2 aromatic rings. The first-order valence-electron chi connectivity index (χ1n) is 6.18. The maximum absolute atomic E-state index is 12.2. The fraction of sp³-hybridized carbons (Fsp3) is 0.133. The highest BCUT2D eigenvalue weighted by molar-refractivity contribution is 8.00. The van der Waals surface area contributed by atoms with Gasteiger partial charge in [-0.25, -0.2) is 4.98 Å². The molecule has 4 nitrogen and oxygen atoms in total. The van der Waals surface area contributed by atoms with Crippen LogP contribution in [0.1, 0.15) is 12.5 Å². The van der Waals surface area contributed by atoms with Crippen molar-refractivity contribution < 1.29 is 4.79 Å². The van der Waals surface area contributed by atoms with Gasteiger partial charge in [-0.15, -0.1) is 0 Å². The Morgan fingerprint density at radius 2 is 2.14 bits per heavy atom. The summed E-state index contributed by atoms with van der Waals surface area (Å²) in [5.41, 5.74) is 0.953. The molecule has 1 atom stereocenters. The number of carbonyl (C=O) groups excluding carboxylic acids is 1. The van der Waals surface area contributed by atoms with E-state index in [9.17, 15) is 4.79 Å². The molecule has 6 heteroatoms. The minimum absolute atomic E-state index is 0.181. The lowest BCUT2D eigenvalue weighted by atomic mass is 10.2. The second-order valence-corrected chi connectivity index (χ2v) is 6.02. The van der Waals surface area contributed by atoms with Gasteiger partial charge in [-0.1, -0.05) is 35.5 Å². The summed E-state index contributed by atoms with van der Waals surface area (Å²) in [6, 6.07) is 12.4. The first kappa shape index (κ1) is 15.4. The number of thioether (sulfide) groups is 1. The lowest BCUT2D eigenvalue weighted by Gasteiger charge is -2.12. The predicted molar refractivity (Wildman–Crippen MR) is 84.4 cm³/mol. The van der Waals surface area contributed by atoms with Crippen LogP contribution in [0.2, 0.25) is 5.02 Å².